The predicted octanol–water partition coefficient (Wildman–Crippen LogP) is 4.54. The van der Waals surface area contributed by atoms with Gasteiger partial charge in [0.1, 0.15) is 0 Å². The van der Waals surface area contributed by atoms with Crippen LogP contribution in [-0.2, 0) is 0 Å². The monoisotopic (exact) mass is 358 g/mol. The van der Waals surface area contributed by atoms with Crippen LogP contribution in [0.25, 0.3) is 11.6 Å². The molecule has 27 heavy (non-hydrogen) atoms. The maximum Gasteiger partial charge on any atom is 0.200 e. The Bertz CT molecular complexity index is 1000. The van der Waals surface area contributed by atoms with Crippen molar-refractivity contribution in [1.82, 2.24) is 0 Å². The van der Waals surface area contributed by atoms with Crippen molar-refractivity contribution < 1.29 is 19.4 Å². The molecular formula is C23H18O4. The highest BCUT2D eigenvalue weighted by molar-refractivity contribution is 6.20. The summed E-state index contributed by atoms with van der Waals surface area (Å²) in [5, 5.41) is 10.2. The fourth-order valence-electron chi connectivity index (χ4n) is 3.44. The van der Waals surface area contributed by atoms with E-state index in [1.807, 2.05) is 54.6 Å². The molecule has 0 unspecified atom stereocenters. The fourth-order valence-corrected chi connectivity index (χ4v) is 3.44. The average molecular weight is 358 g/mol. The van der Waals surface area contributed by atoms with E-state index in [1.165, 1.54) is 14.2 Å². The molecule has 0 saturated carbocycles. The Kier molecular flexibility index (Phi) is 4.16. The lowest BCUT2D eigenvalue weighted by atomic mass is 9.80. The van der Waals surface area contributed by atoms with E-state index in [0.717, 1.165) is 22.3 Å². The first-order valence-corrected chi connectivity index (χ1v) is 8.54. The first-order chi connectivity index (χ1) is 13.1. The van der Waals surface area contributed by atoms with Crippen LogP contribution in [0.3, 0.4) is 0 Å². The molecule has 1 aliphatic carbocycles. The van der Waals surface area contributed by atoms with Crippen LogP contribution in [0.2, 0.25) is 0 Å². The highest BCUT2D eigenvalue weighted by Gasteiger charge is 2.26. The molecule has 0 saturated heterocycles. The summed E-state index contributed by atoms with van der Waals surface area (Å²) in [6.45, 7) is 0. The third-order valence-electron chi connectivity index (χ3n) is 4.74. The Labute approximate surface area is 157 Å². The van der Waals surface area contributed by atoms with Crippen molar-refractivity contribution in [3.63, 3.8) is 0 Å². The van der Waals surface area contributed by atoms with E-state index < -0.39 is 0 Å². The SMILES string of the molecule is COc1cc(C=C2c3ccccc3C(=O)c3ccccc32)cc(OC)c1O. The van der Waals surface area contributed by atoms with Gasteiger partial charge in [-0.25, -0.2) is 0 Å². The minimum absolute atomic E-state index is 0.0271. The van der Waals surface area contributed by atoms with Crippen molar-refractivity contribution in [3.05, 3.63) is 88.5 Å². The number of rotatable bonds is 3. The van der Waals surface area contributed by atoms with Crippen molar-refractivity contribution in [2.45, 2.75) is 0 Å². The summed E-state index contributed by atoms with van der Waals surface area (Å²) in [7, 11) is 2.99. The van der Waals surface area contributed by atoms with Gasteiger partial charge in [-0.1, -0.05) is 48.5 Å². The molecule has 4 rings (SSSR count). The van der Waals surface area contributed by atoms with E-state index in [-0.39, 0.29) is 11.5 Å². The molecule has 3 aromatic rings. The molecule has 3 aromatic carbocycles. The summed E-state index contributed by atoms with van der Waals surface area (Å²) in [5.74, 6) is 0.644. The third kappa shape index (κ3) is 2.75. The number of carbonyl (C=O) groups is 1. The van der Waals surface area contributed by atoms with Crippen LogP contribution in [0, 0.1) is 0 Å². The summed E-state index contributed by atoms with van der Waals surface area (Å²) in [5.41, 5.74) is 4.87. The zero-order valence-corrected chi connectivity index (χ0v) is 15.0. The number of methoxy groups -OCH3 is 2. The molecule has 0 bridgehead atoms. The number of carbonyl (C=O) groups excluding carboxylic acids is 1. The first-order valence-electron chi connectivity index (χ1n) is 8.54. The van der Waals surface area contributed by atoms with Gasteiger partial charge in [-0.2, -0.15) is 0 Å². The van der Waals surface area contributed by atoms with E-state index in [0.29, 0.717) is 22.6 Å². The molecule has 1 aliphatic rings. The maximum absolute atomic E-state index is 12.9. The molecule has 0 fully saturated rings. The van der Waals surface area contributed by atoms with Gasteiger partial charge in [-0.3, -0.25) is 4.79 Å². The molecule has 0 radical (unpaired) electrons. The van der Waals surface area contributed by atoms with Gasteiger partial charge >= 0.3 is 0 Å². The largest absolute Gasteiger partial charge is 0.502 e. The minimum Gasteiger partial charge on any atom is -0.502 e. The number of ketones is 1. The Morgan fingerprint density at radius 3 is 1.67 bits per heavy atom. The first kappa shape index (κ1) is 16.9. The van der Waals surface area contributed by atoms with Crippen molar-refractivity contribution in [2.75, 3.05) is 14.2 Å². The summed E-state index contributed by atoms with van der Waals surface area (Å²) >= 11 is 0. The molecular weight excluding hydrogens is 340 g/mol. The van der Waals surface area contributed by atoms with Gasteiger partial charge in [0.2, 0.25) is 5.75 Å². The zero-order chi connectivity index (χ0) is 19.0. The topological polar surface area (TPSA) is 55.8 Å². The Morgan fingerprint density at radius 1 is 0.778 bits per heavy atom. The van der Waals surface area contributed by atoms with Crippen LogP contribution in [0.5, 0.6) is 17.2 Å². The van der Waals surface area contributed by atoms with Gasteiger partial charge in [0.15, 0.2) is 17.3 Å². The summed E-state index contributed by atoms with van der Waals surface area (Å²) in [6.07, 6.45) is 1.98. The van der Waals surface area contributed by atoms with Gasteiger partial charge in [-0.05, 0) is 40.5 Å². The number of hydrogen-bond acceptors (Lipinski definition) is 4. The lowest BCUT2D eigenvalue weighted by molar-refractivity contribution is 0.103. The lowest BCUT2D eigenvalue weighted by Crippen LogP contribution is -2.14. The smallest absolute Gasteiger partial charge is 0.200 e. The van der Waals surface area contributed by atoms with Crippen molar-refractivity contribution >= 4 is 17.4 Å². The molecule has 0 aromatic heterocycles. The van der Waals surface area contributed by atoms with E-state index in [9.17, 15) is 9.90 Å². The summed E-state index contributed by atoms with van der Waals surface area (Å²) in [4.78, 5) is 12.9. The molecule has 4 heteroatoms. The summed E-state index contributed by atoms with van der Waals surface area (Å²) < 4.78 is 10.5. The van der Waals surface area contributed by atoms with Gasteiger partial charge in [-0.15, -0.1) is 0 Å². The lowest BCUT2D eigenvalue weighted by Gasteiger charge is -2.21. The second-order valence-electron chi connectivity index (χ2n) is 6.25. The number of ether oxygens (including phenoxy) is 2. The van der Waals surface area contributed by atoms with Gasteiger partial charge in [0.25, 0.3) is 0 Å². The maximum atomic E-state index is 12.9. The molecule has 0 atom stereocenters. The molecule has 4 nitrogen and oxygen atoms in total. The molecule has 134 valence electrons. The van der Waals surface area contributed by atoms with Crippen LogP contribution in [0.4, 0.5) is 0 Å². The van der Waals surface area contributed by atoms with Crippen molar-refractivity contribution in [1.29, 1.82) is 0 Å². The molecule has 0 amide bonds. The Morgan fingerprint density at radius 2 is 1.22 bits per heavy atom. The highest BCUT2D eigenvalue weighted by Crippen LogP contribution is 2.41. The van der Waals surface area contributed by atoms with E-state index in [2.05, 4.69) is 0 Å². The fraction of sp³-hybridized carbons (Fsp3) is 0.0870. The van der Waals surface area contributed by atoms with Crippen molar-refractivity contribution in [2.24, 2.45) is 0 Å². The Balaban J connectivity index is 1.97. The highest BCUT2D eigenvalue weighted by atomic mass is 16.5. The number of phenols is 1. The third-order valence-corrected chi connectivity index (χ3v) is 4.74. The average Bonchev–Trinajstić information content (AvgIpc) is 2.72. The van der Waals surface area contributed by atoms with Crippen LogP contribution in [0.15, 0.2) is 60.7 Å². The molecule has 0 heterocycles. The number of hydrogen-bond donors (Lipinski definition) is 1. The van der Waals surface area contributed by atoms with Gasteiger partial charge < -0.3 is 14.6 Å². The molecule has 1 N–H and O–H groups in total. The predicted molar refractivity (Wildman–Crippen MR) is 105 cm³/mol. The Hall–Kier alpha value is -3.53. The second-order valence-corrected chi connectivity index (χ2v) is 6.25. The number of aromatic hydroxyl groups is 1. The molecule has 0 spiro atoms. The number of phenolic OH excluding ortho intramolecular Hbond substituents is 1. The quantitative estimate of drug-likeness (QED) is 0.584. The number of fused-ring (bicyclic) bond motifs is 2. The standard InChI is InChI=1S/C23H18O4/c1-26-20-12-14(13-21(27-2)23(20)25)11-19-15-7-3-5-9-17(15)22(24)18-10-6-4-8-16(18)19/h3-13,25H,1-2H3. The van der Waals surface area contributed by atoms with Crippen LogP contribution < -0.4 is 9.47 Å². The second kappa shape index (κ2) is 6.65. The van der Waals surface area contributed by atoms with E-state index in [4.69, 9.17) is 9.47 Å². The van der Waals surface area contributed by atoms with E-state index in [1.54, 1.807) is 12.1 Å². The summed E-state index contributed by atoms with van der Waals surface area (Å²) in [6, 6.07) is 18.7. The number of benzene rings is 3. The van der Waals surface area contributed by atoms with Crippen LogP contribution >= 0.6 is 0 Å². The van der Waals surface area contributed by atoms with Crippen molar-refractivity contribution in [3.8, 4) is 17.2 Å². The van der Waals surface area contributed by atoms with Crippen LogP contribution in [0.1, 0.15) is 32.6 Å². The normalized spacial score (nSPS) is 12.2. The minimum atomic E-state index is -0.0400. The van der Waals surface area contributed by atoms with E-state index >= 15 is 0 Å². The van der Waals surface area contributed by atoms with Gasteiger partial charge in [0.05, 0.1) is 14.2 Å². The molecule has 0 aliphatic heterocycles. The van der Waals surface area contributed by atoms with Gasteiger partial charge in [0, 0.05) is 11.1 Å². The zero-order valence-electron chi connectivity index (χ0n) is 15.0. The van der Waals surface area contributed by atoms with Crippen LogP contribution in [-0.4, -0.2) is 25.1 Å².